The highest BCUT2D eigenvalue weighted by atomic mass is 35.5. The number of pyridine rings is 1. The number of benzene rings is 2. The van der Waals surface area contributed by atoms with Gasteiger partial charge in [-0.15, -0.1) is 12.4 Å². The zero-order valence-corrected chi connectivity index (χ0v) is 21.5. The van der Waals surface area contributed by atoms with Gasteiger partial charge in [0, 0.05) is 36.7 Å². The molecule has 3 aromatic rings. The molecule has 1 fully saturated rings. The quantitative estimate of drug-likeness (QED) is 0.395. The molecular formula is C28H30ClN5O3. The lowest BCUT2D eigenvalue weighted by Gasteiger charge is -2.25. The summed E-state index contributed by atoms with van der Waals surface area (Å²) in [5.74, 6) is -0.295. The minimum absolute atomic E-state index is 0. The molecule has 2 amide bonds. The van der Waals surface area contributed by atoms with Gasteiger partial charge in [-0.1, -0.05) is 30.7 Å². The zero-order chi connectivity index (χ0) is 25.5. The van der Waals surface area contributed by atoms with Crippen LogP contribution in [0.1, 0.15) is 38.2 Å². The summed E-state index contributed by atoms with van der Waals surface area (Å²) in [7, 11) is 0. The van der Waals surface area contributed by atoms with Crippen LogP contribution in [-0.4, -0.2) is 46.4 Å². The molecule has 0 atom stereocenters. The van der Waals surface area contributed by atoms with Crippen LogP contribution in [0, 0.1) is 11.3 Å². The summed E-state index contributed by atoms with van der Waals surface area (Å²) in [5.41, 5.74) is 2.88. The van der Waals surface area contributed by atoms with Crippen LogP contribution < -0.4 is 10.6 Å². The lowest BCUT2D eigenvalue weighted by atomic mass is 9.97. The van der Waals surface area contributed by atoms with E-state index in [1.54, 1.807) is 48.5 Å². The van der Waals surface area contributed by atoms with Crippen molar-refractivity contribution in [3.63, 3.8) is 0 Å². The number of hydrogen-bond donors (Lipinski definition) is 3. The second-order valence-electron chi connectivity index (χ2n) is 8.87. The maximum absolute atomic E-state index is 12.6. The molecule has 4 rings (SSSR count). The number of carbonyl (C=O) groups is 2. The van der Waals surface area contributed by atoms with Crippen molar-refractivity contribution in [3.8, 4) is 34.2 Å². The highest BCUT2D eigenvalue weighted by molar-refractivity contribution is 5.94. The van der Waals surface area contributed by atoms with E-state index in [1.165, 1.54) is 26.2 Å². The number of aromatic nitrogens is 1. The van der Waals surface area contributed by atoms with Gasteiger partial charge < -0.3 is 20.6 Å². The van der Waals surface area contributed by atoms with E-state index in [0.29, 0.717) is 34.5 Å². The van der Waals surface area contributed by atoms with Gasteiger partial charge in [-0.25, -0.2) is 4.98 Å². The SMILES string of the molecule is CC(=O)Nc1nc(-c2ccccc2O)cc(-c2cccc(NC(=O)CCN3CCCCC3)c2)c1C#N.Cl. The first-order valence-electron chi connectivity index (χ1n) is 12.1. The maximum atomic E-state index is 12.6. The van der Waals surface area contributed by atoms with Crippen LogP contribution >= 0.6 is 12.4 Å². The van der Waals surface area contributed by atoms with Crippen molar-refractivity contribution < 1.29 is 14.7 Å². The van der Waals surface area contributed by atoms with Crippen molar-refractivity contribution in [1.82, 2.24) is 9.88 Å². The van der Waals surface area contributed by atoms with Gasteiger partial charge in [0.25, 0.3) is 0 Å². The number of piperidine rings is 1. The summed E-state index contributed by atoms with van der Waals surface area (Å²) in [6.45, 7) is 4.16. The monoisotopic (exact) mass is 519 g/mol. The topological polar surface area (TPSA) is 118 Å². The molecule has 9 heteroatoms. The molecule has 2 heterocycles. The van der Waals surface area contributed by atoms with E-state index >= 15 is 0 Å². The molecule has 1 aromatic heterocycles. The van der Waals surface area contributed by atoms with Crippen LogP contribution in [0.5, 0.6) is 5.75 Å². The van der Waals surface area contributed by atoms with Crippen LogP contribution in [-0.2, 0) is 9.59 Å². The molecule has 0 spiro atoms. The summed E-state index contributed by atoms with van der Waals surface area (Å²) in [6.07, 6.45) is 4.03. The van der Waals surface area contributed by atoms with E-state index in [1.807, 2.05) is 6.07 Å². The van der Waals surface area contributed by atoms with Crippen molar-refractivity contribution in [3.05, 3.63) is 60.2 Å². The molecule has 0 saturated carbocycles. The lowest BCUT2D eigenvalue weighted by Crippen LogP contribution is -2.32. The second-order valence-corrected chi connectivity index (χ2v) is 8.87. The van der Waals surface area contributed by atoms with Crippen LogP contribution in [0.2, 0.25) is 0 Å². The van der Waals surface area contributed by atoms with Crippen LogP contribution in [0.4, 0.5) is 11.5 Å². The van der Waals surface area contributed by atoms with Crippen molar-refractivity contribution >= 4 is 35.7 Å². The van der Waals surface area contributed by atoms with Gasteiger partial charge in [0.2, 0.25) is 11.8 Å². The summed E-state index contributed by atoms with van der Waals surface area (Å²) >= 11 is 0. The molecule has 0 unspecified atom stereocenters. The fraction of sp³-hybridized carbons (Fsp3) is 0.286. The Kier molecular flexibility index (Phi) is 9.61. The van der Waals surface area contributed by atoms with Crippen LogP contribution in [0.15, 0.2) is 54.6 Å². The second kappa shape index (κ2) is 12.9. The molecule has 1 aliphatic rings. The molecule has 8 nitrogen and oxygen atoms in total. The number of anilines is 2. The third-order valence-electron chi connectivity index (χ3n) is 6.17. The summed E-state index contributed by atoms with van der Waals surface area (Å²) < 4.78 is 0. The predicted octanol–water partition coefficient (Wildman–Crippen LogP) is 5.19. The summed E-state index contributed by atoms with van der Waals surface area (Å²) in [4.78, 5) is 31.2. The largest absolute Gasteiger partial charge is 0.507 e. The first kappa shape index (κ1) is 27.7. The molecule has 192 valence electrons. The Morgan fingerprint density at radius 2 is 1.78 bits per heavy atom. The smallest absolute Gasteiger partial charge is 0.225 e. The minimum Gasteiger partial charge on any atom is -0.507 e. The van der Waals surface area contributed by atoms with Gasteiger partial charge in [-0.05, 0) is 61.8 Å². The number of nitriles is 1. The number of likely N-dealkylation sites (tertiary alicyclic amines) is 1. The number of carbonyl (C=O) groups excluding carboxylic acids is 2. The fourth-order valence-corrected chi connectivity index (χ4v) is 4.40. The molecule has 37 heavy (non-hydrogen) atoms. The number of nitrogens with zero attached hydrogens (tertiary/aromatic N) is 3. The number of amides is 2. The van der Waals surface area contributed by atoms with E-state index in [0.717, 1.165) is 19.6 Å². The Bertz CT molecular complexity index is 1320. The van der Waals surface area contributed by atoms with Crippen molar-refractivity contribution in [2.24, 2.45) is 0 Å². The highest BCUT2D eigenvalue weighted by Gasteiger charge is 2.18. The van der Waals surface area contributed by atoms with E-state index < -0.39 is 0 Å². The summed E-state index contributed by atoms with van der Waals surface area (Å²) in [6, 6.07) is 17.8. The third-order valence-corrected chi connectivity index (χ3v) is 6.17. The van der Waals surface area contributed by atoms with Gasteiger partial charge in [0.1, 0.15) is 17.4 Å². The van der Waals surface area contributed by atoms with Crippen LogP contribution in [0.25, 0.3) is 22.4 Å². The van der Waals surface area contributed by atoms with Crippen LogP contribution in [0.3, 0.4) is 0 Å². The highest BCUT2D eigenvalue weighted by Crippen LogP contribution is 2.36. The number of rotatable bonds is 7. The Morgan fingerprint density at radius 3 is 2.49 bits per heavy atom. The number of hydrogen-bond acceptors (Lipinski definition) is 6. The third kappa shape index (κ3) is 7.06. The van der Waals surface area contributed by atoms with Gasteiger partial charge in [0.05, 0.1) is 5.69 Å². The first-order chi connectivity index (χ1) is 17.4. The van der Waals surface area contributed by atoms with E-state index in [2.05, 4.69) is 26.6 Å². The number of halogens is 1. The fourth-order valence-electron chi connectivity index (χ4n) is 4.40. The van der Waals surface area contributed by atoms with E-state index in [9.17, 15) is 20.0 Å². The number of aromatic hydroxyl groups is 1. The standard InChI is InChI=1S/C28H29N5O3.ClH/c1-19(34)30-28-24(18-29)23(17-25(32-28)22-10-3-4-11-26(22)35)20-8-7-9-21(16-20)31-27(36)12-15-33-13-5-2-6-14-33;/h3-4,7-11,16-17,35H,2,5-6,12-15H2,1H3,(H,31,36)(H,30,32,34);1H. The predicted molar refractivity (Wildman–Crippen MR) is 147 cm³/mol. The number of phenols is 1. The average molecular weight is 520 g/mol. The molecule has 1 saturated heterocycles. The Labute approximate surface area is 222 Å². The first-order valence-corrected chi connectivity index (χ1v) is 12.1. The van der Waals surface area contributed by atoms with E-state index in [-0.39, 0.29) is 41.4 Å². The molecule has 0 aliphatic carbocycles. The molecular weight excluding hydrogens is 490 g/mol. The molecule has 0 radical (unpaired) electrons. The van der Waals surface area contributed by atoms with Gasteiger partial charge in [0.15, 0.2) is 5.82 Å². The molecule has 2 aromatic carbocycles. The Morgan fingerprint density at radius 1 is 1.03 bits per heavy atom. The van der Waals surface area contributed by atoms with Gasteiger partial charge in [-0.2, -0.15) is 5.26 Å². The molecule has 1 aliphatic heterocycles. The Balaban J connectivity index is 0.00000380. The van der Waals surface area contributed by atoms with Gasteiger partial charge >= 0.3 is 0 Å². The zero-order valence-electron chi connectivity index (χ0n) is 20.7. The average Bonchev–Trinajstić information content (AvgIpc) is 2.88. The van der Waals surface area contributed by atoms with Crippen molar-refractivity contribution in [2.75, 3.05) is 30.3 Å². The number of nitrogens with one attached hydrogen (secondary N) is 2. The summed E-state index contributed by atoms with van der Waals surface area (Å²) in [5, 5.41) is 25.9. The minimum atomic E-state index is -0.367. The van der Waals surface area contributed by atoms with Crippen molar-refractivity contribution in [1.29, 1.82) is 5.26 Å². The Hall–Kier alpha value is -3.93. The van der Waals surface area contributed by atoms with Crippen molar-refractivity contribution in [2.45, 2.75) is 32.6 Å². The lowest BCUT2D eigenvalue weighted by molar-refractivity contribution is -0.116. The van der Waals surface area contributed by atoms with E-state index in [4.69, 9.17) is 0 Å². The number of para-hydroxylation sites is 1. The molecule has 3 N–H and O–H groups in total. The number of phenolic OH excluding ortho intramolecular Hbond substituents is 1. The normalized spacial score (nSPS) is 13.2. The maximum Gasteiger partial charge on any atom is 0.225 e. The van der Waals surface area contributed by atoms with Gasteiger partial charge in [-0.3, -0.25) is 9.59 Å². The molecule has 0 bridgehead atoms.